The number of aromatic nitrogens is 1. The molecule has 0 fully saturated rings. The zero-order chi connectivity index (χ0) is 27.8. The Morgan fingerprint density at radius 3 is 2.70 bits per heavy atom. The van der Waals surface area contributed by atoms with Gasteiger partial charge in [0.15, 0.2) is 0 Å². The SMILES string of the molecule is Cc1cc(Oc2cccc(COc3ccccc3C#N)c2)ccc1N1C(=O)Nc2c(C(=O)O)sc3nccc1c23. The maximum absolute atomic E-state index is 13.2. The van der Waals surface area contributed by atoms with Crippen LogP contribution in [0, 0.1) is 18.3 Å². The van der Waals surface area contributed by atoms with Gasteiger partial charge in [0.2, 0.25) is 0 Å². The highest BCUT2D eigenvalue weighted by Crippen LogP contribution is 2.46. The molecule has 1 aliphatic heterocycles. The van der Waals surface area contributed by atoms with Crippen LogP contribution in [0.15, 0.2) is 79.0 Å². The number of nitrogens with zero attached hydrogens (tertiary/aromatic N) is 3. The summed E-state index contributed by atoms with van der Waals surface area (Å²) < 4.78 is 11.9. The van der Waals surface area contributed by atoms with Crippen molar-refractivity contribution in [3.8, 4) is 23.3 Å². The molecule has 40 heavy (non-hydrogen) atoms. The molecule has 3 heterocycles. The van der Waals surface area contributed by atoms with E-state index in [1.807, 2.05) is 43.3 Å². The molecule has 6 rings (SSSR count). The van der Waals surface area contributed by atoms with Crippen molar-refractivity contribution in [3.05, 3.63) is 101 Å². The van der Waals surface area contributed by atoms with E-state index in [2.05, 4.69) is 16.4 Å². The lowest BCUT2D eigenvalue weighted by Crippen LogP contribution is -2.34. The second-order valence-electron chi connectivity index (χ2n) is 8.98. The van der Waals surface area contributed by atoms with Gasteiger partial charge in [-0.15, -0.1) is 11.3 Å². The molecule has 0 unspecified atom stereocenters. The maximum Gasteiger partial charge on any atom is 0.348 e. The van der Waals surface area contributed by atoms with Crippen molar-refractivity contribution in [2.75, 3.05) is 10.2 Å². The largest absolute Gasteiger partial charge is 0.488 e. The number of hydrogen-bond donors (Lipinski definition) is 2. The zero-order valence-corrected chi connectivity index (χ0v) is 21.9. The van der Waals surface area contributed by atoms with Crippen LogP contribution in [0.25, 0.3) is 10.2 Å². The summed E-state index contributed by atoms with van der Waals surface area (Å²) in [7, 11) is 0. The quantitative estimate of drug-likeness (QED) is 0.220. The average Bonchev–Trinajstić information content (AvgIpc) is 3.33. The standard InChI is InChI=1S/C30H20N4O5S/c1-17-13-21(39-20-7-4-5-18(14-20)16-38-24-8-3-2-6-19(24)15-31)9-10-22(17)34-23-11-12-32-28-25(23)26(33-30(34)37)27(40-28)29(35)36/h2-14H,16H2,1H3,(H,33,37)(H,35,36). The topological polar surface area (TPSA) is 125 Å². The number of carboxylic acid groups (broad SMARTS) is 1. The Balaban J connectivity index is 1.24. The van der Waals surface area contributed by atoms with Gasteiger partial charge in [0.25, 0.3) is 0 Å². The van der Waals surface area contributed by atoms with E-state index in [1.165, 1.54) is 4.90 Å². The fourth-order valence-electron chi connectivity index (χ4n) is 4.60. The van der Waals surface area contributed by atoms with Crippen molar-refractivity contribution in [1.29, 1.82) is 5.26 Å². The molecule has 0 radical (unpaired) electrons. The van der Waals surface area contributed by atoms with E-state index >= 15 is 0 Å². The summed E-state index contributed by atoms with van der Waals surface area (Å²) in [6.45, 7) is 2.14. The molecule has 5 aromatic rings. The normalized spacial score (nSPS) is 12.1. The summed E-state index contributed by atoms with van der Waals surface area (Å²) in [6.07, 6.45) is 1.57. The molecule has 2 N–H and O–H groups in total. The number of para-hydroxylation sites is 1. The third-order valence-corrected chi connectivity index (χ3v) is 7.47. The number of nitriles is 1. The van der Waals surface area contributed by atoms with E-state index in [4.69, 9.17) is 9.47 Å². The number of benzene rings is 3. The summed E-state index contributed by atoms with van der Waals surface area (Å²) in [5.41, 5.74) is 3.59. The van der Waals surface area contributed by atoms with E-state index in [0.29, 0.717) is 44.4 Å². The number of carboxylic acids is 1. The minimum absolute atomic E-state index is 0.0466. The Morgan fingerprint density at radius 2 is 1.90 bits per heavy atom. The van der Waals surface area contributed by atoms with E-state index in [-0.39, 0.29) is 17.2 Å². The first kappa shape index (κ1) is 24.9. The van der Waals surface area contributed by atoms with Crippen molar-refractivity contribution in [2.45, 2.75) is 13.5 Å². The van der Waals surface area contributed by atoms with Gasteiger partial charge in [-0.3, -0.25) is 4.90 Å². The zero-order valence-electron chi connectivity index (χ0n) is 21.0. The number of urea groups is 1. The Morgan fingerprint density at radius 1 is 1.07 bits per heavy atom. The Bertz CT molecular complexity index is 1860. The van der Waals surface area contributed by atoms with Crippen LogP contribution in [0.4, 0.5) is 21.9 Å². The Hall–Kier alpha value is -5.40. The predicted octanol–water partition coefficient (Wildman–Crippen LogP) is 7.23. The molecule has 2 amide bonds. The van der Waals surface area contributed by atoms with E-state index in [0.717, 1.165) is 22.5 Å². The third-order valence-electron chi connectivity index (χ3n) is 6.39. The highest BCUT2D eigenvalue weighted by molar-refractivity contribution is 7.21. The molecule has 196 valence electrons. The minimum atomic E-state index is -1.11. The number of thiophene rings is 1. The van der Waals surface area contributed by atoms with E-state index < -0.39 is 12.0 Å². The average molecular weight is 549 g/mol. The van der Waals surface area contributed by atoms with Crippen molar-refractivity contribution < 1.29 is 24.2 Å². The summed E-state index contributed by atoms with van der Waals surface area (Å²) in [5, 5.41) is 22.2. The van der Waals surface area contributed by atoms with Crippen LogP contribution >= 0.6 is 11.3 Å². The number of carbonyl (C=O) groups excluding carboxylic acids is 1. The molecule has 9 nitrogen and oxygen atoms in total. The van der Waals surface area contributed by atoms with Crippen LogP contribution in [-0.2, 0) is 6.61 Å². The maximum atomic E-state index is 13.2. The number of pyridine rings is 1. The smallest absolute Gasteiger partial charge is 0.348 e. The number of amides is 2. The summed E-state index contributed by atoms with van der Waals surface area (Å²) in [6, 6.07) is 23.3. The van der Waals surface area contributed by atoms with Crippen LogP contribution in [0.3, 0.4) is 0 Å². The molecule has 0 spiro atoms. The predicted molar refractivity (Wildman–Crippen MR) is 151 cm³/mol. The summed E-state index contributed by atoms with van der Waals surface area (Å²) in [4.78, 5) is 31.3. The molecule has 0 aliphatic carbocycles. The van der Waals surface area contributed by atoms with Gasteiger partial charge in [-0.25, -0.2) is 14.6 Å². The number of ether oxygens (including phenoxy) is 2. The monoisotopic (exact) mass is 548 g/mol. The summed E-state index contributed by atoms with van der Waals surface area (Å²) >= 11 is 1.03. The van der Waals surface area contributed by atoms with Gasteiger partial charge in [0, 0.05) is 6.20 Å². The lowest BCUT2D eigenvalue weighted by atomic mass is 10.1. The second-order valence-corrected chi connectivity index (χ2v) is 9.98. The number of hydrogen-bond acceptors (Lipinski definition) is 7. The number of carbonyl (C=O) groups is 2. The number of nitrogens with one attached hydrogen (secondary N) is 1. The van der Waals surface area contributed by atoms with Gasteiger partial charge < -0.3 is 19.9 Å². The highest BCUT2D eigenvalue weighted by atomic mass is 32.1. The van der Waals surface area contributed by atoms with Gasteiger partial charge in [0.1, 0.15) is 39.6 Å². The number of aryl methyl sites for hydroxylation is 1. The van der Waals surface area contributed by atoms with Crippen LogP contribution in [-0.4, -0.2) is 22.1 Å². The van der Waals surface area contributed by atoms with E-state index in [1.54, 1.807) is 42.6 Å². The third kappa shape index (κ3) is 4.44. The Labute approximate surface area is 232 Å². The first-order valence-electron chi connectivity index (χ1n) is 12.2. The highest BCUT2D eigenvalue weighted by Gasteiger charge is 2.33. The molecule has 0 saturated heterocycles. The fourth-order valence-corrected chi connectivity index (χ4v) is 5.56. The molecule has 1 aliphatic rings. The lowest BCUT2D eigenvalue weighted by molar-refractivity contribution is 0.0703. The molecular weight excluding hydrogens is 528 g/mol. The summed E-state index contributed by atoms with van der Waals surface area (Å²) in [5.74, 6) is 0.593. The van der Waals surface area contributed by atoms with Crippen LogP contribution < -0.4 is 19.7 Å². The van der Waals surface area contributed by atoms with Gasteiger partial charge in [-0.2, -0.15) is 5.26 Å². The fraction of sp³-hybridized carbons (Fsp3) is 0.0667. The van der Waals surface area contributed by atoms with Gasteiger partial charge in [-0.05, 0) is 66.6 Å². The molecule has 0 bridgehead atoms. The first-order valence-corrected chi connectivity index (χ1v) is 13.0. The molecule has 3 aromatic carbocycles. The molecular formula is C30H20N4O5S. The number of rotatable bonds is 7. The van der Waals surface area contributed by atoms with Crippen molar-refractivity contribution >= 4 is 50.6 Å². The second kappa shape index (κ2) is 10.1. The molecule has 0 saturated carbocycles. The minimum Gasteiger partial charge on any atom is -0.488 e. The van der Waals surface area contributed by atoms with Crippen LogP contribution in [0.2, 0.25) is 0 Å². The van der Waals surface area contributed by atoms with Crippen molar-refractivity contribution in [1.82, 2.24) is 4.98 Å². The van der Waals surface area contributed by atoms with Crippen LogP contribution in [0.5, 0.6) is 17.2 Å². The van der Waals surface area contributed by atoms with Crippen molar-refractivity contribution in [2.24, 2.45) is 0 Å². The van der Waals surface area contributed by atoms with Crippen LogP contribution in [0.1, 0.15) is 26.4 Å². The first-order chi connectivity index (χ1) is 19.4. The van der Waals surface area contributed by atoms with Crippen molar-refractivity contribution in [3.63, 3.8) is 0 Å². The molecule has 10 heteroatoms. The molecule has 2 aromatic heterocycles. The number of aromatic carboxylic acids is 1. The van der Waals surface area contributed by atoms with Gasteiger partial charge in [-0.1, -0.05) is 24.3 Å². The Kier molecular flexibility index (Phi) is 6.26. The van der Waals surface area contributed by atoms with E-state index in [9.17, 15) is 20.0 Å². The molecule has 0 atom stereocenters. The van der Waals surface area contributed by atoms with Gasteiger partial charge >= 0.3 is 12.0 Å². The number of anilines is 3. The lowest BCUT2D eigenvalue weighted by Gasteiger charge is -2.29. The van der Waals surface area contributed by atoms with Gasteiger partial charge in [0.05, 0.1) is 28.0 Å².